The molecule has 2 rings (SSSR count). The number of hydrogen-bond donors (Lipinski definition) is 1. The van der Waals surface area contributed by atoms with Crippen molar-refractivity contribution in [2.45, 2.75) is 13.2 Å². The first-order valence-corrected chi connectivity index (χ1v) is 5.63. The number of nitrogens with zero attached hydrogens (tertiary/aromatic N) is 1. The number of pyridine rings is 1. The van der Waals surface area contributed by atoms with Gasteiger partial charge >= 0.3 is 0 Å². The summed E-state index contributed by atoms with van der Waals surface area (Å²) in [5.41, 5.74) is 1.77. The number of rotatable bonds is 5. The van der Waals surface area contributed by atoms with E-state index in [1.54, 1.807) is 25.6 Å². The minimum atomic E-state index is -0.0551. The van der Waals surface area contributed by atoms with Crippen molar-refractivity contribution in [2.24, 2.45) is 0 Å². The molecule has 1 aromatic heterocycles. The lowest BCUT2D eigenvalue weighted by Gasteiger charge is -2.09. The smallest absolute Gasteiger partial charge is 0.143 e. The number of hydrogen-bond acceptors (Lipinski definition) is 4. The molecule has 4 nitrogen and oxygen atoms in total. The van der Waals surface area contributed by atoms with E-state index in [1.165, 1.54) is 0 Å². The Morgan fingerprint density at radius 2 is 1.94 bits per heavy atom. The standard InChI is InChI=1S/C14H15NO3/c1-17-13-4-2-11(3-5-13)10-18-14-8-15-7-6-12(14)9-16/h2-8,16H,9-10H2,1H3. The van der Waals surface area contributed by atoms with Crippen molar-refractivity contribution in [2.75, 3.05) is 7.11 Å². The monoisotopic (exact) mass is 245 g/mol. The molecular weight excluding hydrogens is 230 g/mol. The van der Waals surface area contributed by atoms with E-state index in [2.05, 4.69) is 4.98 Å². The molecule has 0 bridgehead atoms. The van der Waals surface area contributed by atoms with E-state index in [1.807, 2.05) is 24.3 Å². The fourth-order valence-corrected chi connectivity index (χ4v) is 1.55. The number of aliphatic hydroxyl groups excluding tert-OH is 1. The molecule has 0 aliphatic rings. The van der Waals surface area contributed by atoms with Crippen molar-refractivity contribution in [1.29, 1.82) is 0 Å². The van der Waals surface area contributed by atoms with Gasteiger partial charge in [0.05, 0.1) is 19.9 Å². The summed E-state index contributed by atoms with van der Waals surface area (Å²) in [6.07, 6.45) is 3.24. The largest absolute Gasteiger partial charge is 0.497 e. The molecule has 0 aliphatic heterocycles. The topological polar surface area (TPSA) is 51.6 Å². The van der Waals surface area contributed by atoms with Crippen molar-refractivity contribution in [3.63, 3.8) is 0 Å². The van der Waals surface area contributed by atoms with Crippen LogP contribution in [0.1, 0.15) is 11.1 Å². The lowest BCUT2D eigenvalue weighted by atomic mass is 10.2. The average Bonchev–Trinajstić information content (AvgIpc) is 2.46. The van der Waals surface area contributed by atoms with Gasteiger partial charge in [-0.05, 0) is 23.8 Å². The Labute approximate surface area is 106 Å². The van der Waals surface area contributed by atoms with Crippen LogP contribution in [0.4, 0.5) is 0 Å². The normalized spacial score (nSPS) is 10.1. The van der Waals surface area contributed by atoms with E-state index in [-0.39, 0.29) is 6.61 Å². The molecule has 0 amide bonds. The molecule has 1 N–H and O–H groups in total. The maximum atomic E-state index is 9.16. The molecule has 0 unspecified atom stereocenters. The zero-order chi connectivity index (χ0) is 12.8. The molecule has 0 saturated carbocycles. The summed E-state index contributed by atoms with van der Waals surface area (Å²) in [6, 6.07) is 9.38. The van der Waals surface area contributed by atoms with Crippen molar-refractivity contribution < 1.29 is 14.6 Å². The molecule has 0 atom stereocenters. The third kappa shape index (κ3) is 2.99. The second kappa shape index (κ2) is 6.02. The molecule has 0 saturated heterocycles. The number of benzene rings is 1. The average molecular weight is 245 g/mol. The van der Waals surface area contributed by atoms with Crippen LogP contribution in [-0.4, -0.2) is 17.2 Å². The molecule has 18 heavy (non-hydrogen) atoms. The van der Waals surface area contributed by atoms with E-state index >= 15 is 0 Å². The summed E-state index contributed by atoms with van der Waals surface area (Å²) in [5, 5.41) is 9.16. The number of methoxy groups -OCH3 is 1. The summed E-state index contributed by atoms with van der Waals surface area (Å²) >= 11 is 0. The Balaban J connectivity index is 2.02. The third-order valence-electron chi connectivity index (χ3n) is 2.59. The Hall–Kier alpha value is -2.07. The van der Waals surface area contributed by atoms with Gasteiger partial charge < -0.3 is 14.6 Å². The first kappa shape index (κ1) is 12.4. The molecule has 0 aliphatic carbocycles. The van der Waals surface area contributed by atoms with Gasteiger partial charge in [-0.25, -0.2) is 0 Å². The van der Waals surface area contributed by atoms with Crippen molar-refractivity contribution in [3.8, 4) is 11.5 Å². The van der Waals surface area contributed by atoms with Gasteiger partial charge in [0.1, 0.15) is 18.1 Å². The quantitative estimate of drug-likeness (QED) is 0.877. The molecule has 0 radical (unpaired) electrons. The zero-order valence-electron chi connectivity index (χ0n) is 10.2. The predicted octanol–water partition coefficient (Wildman–Crippen LogP) is 2.16. The van der Waals surface area contributed by atoms with E-state index in [0.717, 1.165) is 16.9 Å². The molecule has 2 aromatic rings. The lowest BCUT2D eigenvalue weighted by molar-refractivity contribution is 0.258. The van der Waals surface area contributed by atoms with Gasteiger partial charge in [-0.3, -0.25) is 4.98 Å². The van der Waals surface area contributed by atoms with Crippen molar-refractivity contribution in [3.05, 3.63) is 53.9 Å². The maximum absolute atomic E-state index is 9.16. The van der Waals surface area contributed by atoms with Crippen LogP contribution in [0.25, 0.3) is 0 Å². The van der Waals surface area contributed by atoms with E-state index in [4.69, 9.17) is 14.6 Å². The predicted molar refractivity (Wildman–Crippen MR) is 67.5 cm³/mol. The molecule has 1 aromatic carbocycles. The van der Waals surface area contributed by atoms with Crippen LogP contribution in [0, 0.1) is 0 Å². The van der Waals surface area contributed by atoms with Gasteiger partial charge in [0, 0.05) is 11.8 Å². The van der Waals surface area contributed by atoms with Gasteiger partial charge in [0.15, 0.2) is 0 Å². The highest BCUT2D eigenvalue weighted by Gasteiger charge is 2.02. The lowest BCUT2D eigenvalue weighted by Crippen LogP contribution is -1.99. The van der Waals surface area contributed by atoms with Gasteiger partial charge in [0.2, 0.25) is 0 Å². The zero-order valence-corrected chi connectivity index (χ0v) is 10.2. The van der Waals surface area contributed by atoms with Gasteiger partial charge in [-0.1, -0.05) is 12.1 Å². The summed E-state index contributed by atoms with van der Waals surface area (Å²) in [5.74, 6) is 1.42. The Bertz CT molecular complexity index is 497. The number of ether oxygens (including phenoxy) is 2. The highest BCUT2D eigenvalue weighted by molar-refractivity contribution is 5.30. The second-order valence-corrected chi connectivity index (χ2v) is 3.78. The Kier molecular flexibility index (Phi) is 4.15. The van der Waals surface area contributed by atoms with E-state index < -0.39 is 0 Å². The Morgan fingerprint density at radius 3 is 2.61 bits per heavy atom. The van der Waals surface area contributed by atoms with Gasteiger partial charge in [-0.2, -0.15) is 0 Å². The fraction of sp³-hybridized carbons (Fsp3) is 0.214. The SMILES string of the molecule is COc1ccc(COc2cnccc2CO)cc1. The molecule has 94 valence electrons. The van der Waals surface area contributed by atoms with Crippen LogP contribution >= 0.6 is 0 Å². The highest BCUT2D eigenvalue weighted by Crippen LogP contribution is 2.18. The van der Waals surface area contributed by atoms with Gasteiger partial charge in [0.25, 0.3) is 0 Å². The third-order valence-corrected chi connectivity index (χ3v) is 2.59. The summed E-state index contributed by atoms with van der Waals surface area (Å²) < 4.78 is 10.7. The van der Waals surface area contributed by atoms with Crippen LogP contribution in [-0.2, 0) is 13.2 Å². The van der Waals surface area contributed by atoms with Crippen LogP contribution in [0.3, 0.4) is 0 Å². The minimum Gasteiger partial charge on any atom is -0.497 e. The maximum Gasteiger partial charge on any atom is 0.143 e. The van der Waals surface area contributed by atoms with E-state index in [9.17, 15) is 0 Å². The number of aromatic nitrogens is 1. The molecule has 0 spiro atoms. The highest BCUT2D eigenvalue weighted by atomic mass is 16.5. The summed E-state index contributed by atoms with van der Waals surface area (Å²) in [6.45, 7) is 0.378. The number of aliphatic hydroxyl groups is 1. The van der Waals surface area contributed by atoms with Gasteiger partial charge in [-0.15, -0.1) is 0 Å². The molecular formula is C14H15NO3. The molecule has 4 heteroatoms. The second-order valence-electron chi connectivity index (χ2n) is 3.78. The molecule has 1 heterocycles. The first-order chi connectivity index (χ1) is 8.83. The van der Waals surface area contributed by atoms with Crippen LogP contribution in [0.2, 0.25) is 0 Å². The van der Waals surface area contributed by atoms with E-state index in [0.29, 0.717) is 12.4 Å². The summed E-state index contributed by atoms with van der Waals surface area (Å²) in [4.78, 5) is 3.98. The van der Waals surface area contributed by atoms with Crippen molar-refractivity contribution in [1.82, 2.24) is 4.98 Å². The van der Waals surface area contributed by atoms with Crippen molar-refractivity contribution >= 4 is 0 Å². The van der Waals surface area contributed by atoms with Crippen LogP contribution in [0.5, 0.6) is 11.5 Å². The summed E-state index contributed by atoms with van der Waals surface area (Å²) in [7, 11) is 1.63. The van der Waals surface area contributed by atoms with Crippen LogP contribution < -0.4 is 9.47 Å². The minimum absolute atomic E-state index is 0.0551. The fourth-order valence-electron chi connectivity index (χ4n) is 1.55. The molecule has 0 fully saturated rings. The van der Waals surface area contributed by atoms with Crippen LogP contribution in [0.15, 0.2) is 42.7 Å². The first-order valence-electron chi connectivity index (χ1n) is 5.63. The Morgan fingerprint density at radius 1 is 1.17 bits per heavy atom.